The molecule has 0 amide bonds. The lowest BCUT2D eigenvalue weighted by Gasteiger charge is -2.12. The lowest BCUT2D eigenvalue weighted by atomic mass is 10.2. The Labute approximate surface area is 125 Å². The van der Waals surface area contributed by atoms with Gasteiger partial charge in [0.1, 0.15) is 5.75 Å². The number of hydrogen-bond donors (Lipinski definition) is 1. The summed E-state index contributed by atoms with van der Waals surface area (Å²) in [6.07, 6.45) is 0. The number of halogens is 2. The molecule has 0 bridgehead atoms. The minimum absolute atomic E-state index is 0.159. The Kier molecular flexibility index (Phi) is 4.01. The SMILES string of the molecule is FC(F)Oc1ccccc1NCc1csc2ccccc12. The van der Waals surface area contributed by atoms with Crippen molar-refractivity contribution in [1.82, 2.24) is 0 Å². The number of ether oxygens (including phenoxy) is 1. The third-order valence-electron chi connectivity index (χ3n) is 3.13. The Morgan fingerprint density at radius 3 is 2.67 bits per heavy atom. The smallest absolute Gasteiger partial charge is 0.387 e. The summed E-state index contributed by atoms with van der Waals surface area (Å²) in [6.45, 7) is -2.26. The van der Waals surface area contributed by atoms with Gasteiger partial charge in [0, 0.05) is 11.2 Å². The summed E-state index contributed by atoms with van der Waals surface area (Å²) in [5.74, 6) is 0.159. The third-order valence-corrected chi connectivity index (χ3v) is 4.15. The second-order valence-electron chi connectivity index (χ2n) is 4.49. The standard InChI is InChI=1S/C16H13F2NOS/c17-16(18)20-14-7-3-2-6-13(14)19-9-11-10-21-15-8-4-1-5-12(11)15/h1-8,10,16,19H,9H2. The summed E-state index contributed by atoms with van der Waals surface area (Å²) in [6, 6.07) is 14.8. The second kappa shape index (κ2) is 6.10. The molecule has 21 heavy (non-hydrogen) atoms. The Morgan fingerprint density at radius 2 is 1.81 bits per heavy atom. The largest absolute Gasteiger partial charge is 0.433 e. The normalized spacial score (nSPS) is 11.0. The molecule has 0 unspecified atom stereocenters. The lowest BCUT2D eigenvalue weighted by molar-refractivity contribution is -0.0493. The van der Waals surface area contributed by atoms with Crippen molar-refractivity contribution in [2.24, 2.45) is 0 Å². The molecular weight excluding hydrogens is 292 g/mol. The number of anilines is 1. The lowest BCUT2D eigenvalue weighted by Crippen LogP contribution is -2.06. The average molecular weight is 305 g/mol. The van der Waals surface area contributed by atoms with Crippen LogP contribution in [0, 0.1) is 0 Å². The molecule has 1 aromatic heterocycles. The molecule has 0 aliphatic rings. The minimum atomic E-state index is -2.82. The van der Waals surface area contributed by atoms with Gasteiger partial charge in [-0.05, 0) is 34.5 Å². The van der Waals surface area contributed by atoms with Crippen LogP contribution < -0.4 is 10.1 Å². The first-order chi connectivity index (χ1) is 10.2. The van der Waals surface area contributed by atoms with Crippen LogP contribution in [-0.2, 0) is 6.54 Å². The topological polar surface area (TPSA) is 21.3 Å². The summed E-state index contributed by atoms with van der Waals surface area (Å²) in [5, 5.41) is 6.42. The van der Waals surface area contributed by atoms with Gasteiger partial charge in [-0.1, -0.05) is 30.3 Å². The molecule has 0 atom stereocenters. The van der Waals surface area contributed by atoms with Crippen LogP contribution in [0.25, 0.3) is 10.1 Å². The fourth-order valence-electron chi connectivity index (χ4n) is 2.17. The molecular formula is C16H13F2NOS. The maximum atomic E-state index is 12.4. The zero-order chi connectivity index (χ0) is 14.7. The van der Waals surface area contributed by atoms with E-state index in [9.17, 15) is 8.78 Å². The van der Waals surface area contributed by atoms with Crippen molar-refractivity contribution in [3.63, 3.8) is 0 Å². The first-order valence-corrected chi connectivity index (χ1v) is 7.35. The fraction of sp³-hybridized carbons (Fsp3) is 0.125. The van der Waals surface area contributed by atoms with Gasteiger partial charge in [0.05, 0.1) is 5.69 Å². The van der Waals surface area contributed by atoms with Crippen molar-refractivity contribution in [2.75, 3.05) is 5.32 Å². The summed E-state index contributed by atoms with van der Waals surface area (Å²) in [4.78, 5) is 0. The van der Waals surface area contributed by atoms with E-state index < -0.39 is 6.61 Å². The third kappa shape index (κ3) is 3.13. The summed E-state index contributed by atoms with van der Waals surface area (Å²) in [5.41, 5.74) is 1.70. The molecule has 0 aliphatic heterocycles. The van der Waals surface area contributed by atoms with Crippen LogP contribution in [0.4, 0.5) is 14.5 Å². The highest BCUT2D eigenvalue weighted by Gasteiger charge is 2.09. The number of nitrogens with one attached hydrogen (secondary N) is 1. The second-order valence-corrected chi connectivity index (χ2v) is 5.40. The molecule has 0 radical (unpaired) electrons. The van der Waals surface area contributed by atoms with E-state index in [0.29, 0.717) is 12.2 Å². The molecule has 0 aliphatic carbocycles. The van der Waals surface area contributed by atoms with E-state index in [1.807, 2.05) is 12.1 Å². The van der Waals surface area contributed by atoms with Crippen LogP contribution in [0.5, 0.6) is 5.75 Å². The van der Waals surface area contributed by atoms with Gasteiger partial charge in [0.15, 0.2) is 0 Å². The Morgan fingerprint density at radius 1 is 1.05 bits per heavy atom. The predicted molar refractivity (Wildman–Crippen MR) is 82.2 cm³/mol. The van der Waals surface area contributed by atoms with Crippen molar-refractivity contribution in [3.8, 4) is 5.75 Å². The molecule has 3 aromatic rings. The maximum Gasteiger partial charge on any atom is 0.387 e. The molecule has 108 valence electrons. The number of alkyl halides is 2. The molecule has 3 rings (SSSR count). The number of hydrogen-bond acceptors (Lipinski definition) is 3. The van der Waals surface area contributed by atoms with Gasteiger partial charge in [0.2, 0.25) is 0 Å². The number of benzene rings is 2. The van der Waals surface area contributed by atoms with Crippen LogP contribution in [0.2, 0.25) is 0 Å². The van der Waals surface area contributed by atoms with Gasteiger partial charge in [0.25, 0.3) is 0 Å². The Balaban J connectivity index is 1.79. The molecule has 2 nitrogen and oxygen atoms in total. The van der Waals surface area contributed by atoms with Gasteiger partial charge in [-0.15, -0.1) is 11.3 Å². The first-order valence-electron chi connectivity index (χ1n) is 6.47. The summed E-state index contributed by atoms with van der Waals surface area (Å²) < 4.78 is 30.5. The van der Waals surface area contributed by atoms with Crippen molar-refractivity contribution in [1.29, 1.82) is 0 Å². The average Bonchev–Trinajstić information content (AvgIpc) is 2.89. The molecule has 1 heterocycles. The highest BCUT2D eigenvalue weighted by Crippen LogP contribution is 2.29. The highest BCUT2D eigenvalue weighted by atomic mass is 32.1. The zero-order valence-corrected chi connectivity index (χ0v) is 11.9. The van der Waals surface area contributed by atoms with Gasteiger partial charge in [-0.2, -0.15) is 8.78 Å². The Hall–Kier alpha value is -2.14. The quantitative estimate of drug-likeness (QED) is 0.707. The van der Waals surface area contributed by atoms with Crippen molar-refractivity contribution in [3.05, 3.63) is 59.5 Å². The van der Waals surface area contributed by atoms with E-state index in [-0.39, 0.29) is 5.75 Å². The number of para-hydroxylation sites is 2. The van der Waals surface area contributed by atoms with Crippen LogP contribution in [0.1, 0.15) is 5.56 Å². The van der Waals surface area contributed by atoms with Gasteiger partial charge < -0.3 is 10.1 Å². The molecule has 2 aromatic carbocycles. The van der Waals surface area contributed by atoms with Crippen LogP contribution >= 0.6 is 11.3 Å². The van der Waals surface area contributed by atoms with Crippen molar-refractivity contribution < 1.29 is 13.5 Å². The summed E-state index contributed by atoms with van der Waals surface area (Å²) >= 11 is 1.67. The fourth-order valence-corrected chi connectivity index (χ4v) is 3.13. The van der Waals surface area contributed by atoms with Crippen molar-refractivity contribution >= 4 is 27.1 Å². The van der Waals surface area contributed by atoms with E-state index >= 15 is 0 Å². The molecule has 5 heteroatoms. The minimum Gasteiger partial charge on any atom is -0.433 e. The van der Waals surface area contributed by atoms with Crippen LogP contribution in [0.15, 0.2) is 53.9 Å². The number of rotatable bonds is 5. The molecule has 0 fully saturated rings. The zero-order valence-electron chi connectivity index (χ0n) is 11.1. The van der Waals surface area contributed by atoms with E-state index in [2.05, 4.69) is 27.6 Å². The van der Waals surface area contributed by atoms with Crippen LogP contribution in [-0.4, -0.2) is 6.61 Å². The van der Waals surface area contributed by atoms with E-state index in [1.165, 1.54) is 16.2 Å². The number of thiophene rings is 1. The molecule has 0 saturated carbocycles. The van der Waals surface area contributed by atoms with E-state index in [4.69, 9.17) is 0 Å². The monoisotopic (exact) mass is 305 g/mol. The highest BCUT2D eigenvalue weighted by molar-refractivity contribution is 7.17. The molecule has 1 N–H and O–H groups in total. The molecule has 0 saturated heterocycles. The molecule has 0 spiro atoms. The van der Waals surface area contributed by atoms with E-state index in [1.54, 1.807) is 29.5 Å². The number of fused-ring (bicyclic) bond motifs is 1. The van der Waals surface area contributed by atoms with Crippen LogP contribution in [0.3, 0.4) is 0 Å². The first kappa shape index (κ1) is 13.8. The van der Waals surface area contributed by atoms with Gasteiger partial charge in [-0.3, -0.25) is 0 Å². The van der Waals surface area contributed by atoms with Gasteiger partial charge in [-0.25, -0.2) is 0 Å². The van der Waals surface area contributed by atoms with E-state index in [0.717, 1.165) is 5.56 Å². The predicted octanol–water partition coefficient (Wildman–Crippen LogP) is 5.11. The maximum absolute atomic E-state index is 12.4. The Bertz CT molecular complexity index is 742. The van der Waals surface area contributed by atoms with Crippen molar-refractivity contribution in [2.45, 2.75) is 13.2 Å². The van der Waals surface area contributed by atoms with Gasteiger partial charge >= 0.3 is 6.61 Å². The summed E-state index contributed by atoms with van der Waals surface area (Å²) in [7, 11) is 0.